The number of rotatable bonds is 4. The Labute approximate surface area is 137 Å². The Morgan fingerprint density at radius 2 is 1.26 bits per heavy atom. The summed E-state index contributed by atoms with van der Waals surface area (Å²) in [5.74, 6) is 0. The number of thiol groups is 2. The molecule has 0 N–H and O–H groups in total. The zero-order valence-corrected chi connectivity index (χ0v) is 15.7. The summed E-state index contributed by atoms with van der Waals surface area (Å²) >= 11 is 22.3. The van der Waals surface area contributed by atoms with Crippen molar-refractivity contribution in [1.82, 2.24) is 0 Å². The maximum absolute atomic E-state index is 5.72. The standard InChI is InChI=1S/C10H10N2P2S5/c15-13(16,11-7-3-1-4-8-11)14(17,18)19-12-9-5-2-6-10-12/h1-10H/p+2. The molecule has 9 heteroatoms. The second kappa shape index (κ2) is 6.61. The van der Waals surface area contributed by atoms with E-state index in [9.17, 15) is 0 Å². The summed E-state index contributed by atoms with van der Waals surface area (Å²) in [7, 11) is 0. The van der Waals surface area contributed by atoms with Gasteiger partial charge in [0.25, 0.3) is 5.08 Å². The Balaban J connectivity index is 2.34. The van der Waals surface area contributed by atoms with E-state index in [2.05, 4.69) is 0 Å². The highest BCUT2D eigenvalue weighted by atomic mass is 33.5. The van der Waals surface area contributed by atoms with Crippen LogP contribution in [0.25, 0.3) is 0 Å². The van der Waals surface area contributed by atoms with E-state index >= 15 is 0 Å². The van der Waals surface area contributed by atoms with Crippen LogP contribution in [0.2, 0.25) is 0 Å². The molecule has 0 aliphatic rings. The van der Waals surface area contributed by atoms with Crippen LogP contribution in [0.3, 0.4) is 0 Å². The Morgan fingerprint density at radius 1 is 0.789 bits per heavy atom. The van der Waals surface area contributed by atoms with Crippen LogP contribution in [0, 0.1) is 0 Å². The van der Waals surface area contributed by atoms with Crippen LogP contribution in [-0.4, -0.2) is 0 Å². The molecule has 2 heterocycles. The van der Waals surface area contributed by atoms with Crippen LogP contribution in [0.4, 0.5) is 0 Å². The zero-order chi connectivity index (χ0) is 13.9. The van der Waals surface area contributed by atoms with Gasteiger partial charge in [-0.1, -0.05) is 36.2 Å². The number of hydrogen-bond donors (Lipinski definition) is 2. The number of pyridine rings is 2. The molecule has 0 saturated heterocycles. The largest absolute Gasteiger partial charge is 0.295 e. The molecule has 0 radical (unpaired) electrons. The minimum Gasteiger partial charge on any atom is -0.173 e. The highest BCUT2D eigenvalue weighted by molar-refractivity contribution is 9.23. The van der Waals surface area contributed by atoms with Crippen LogP contribution in [0.1, 0.15) is 0 Å². The monoisotopic (exact) mass is 382 g/mol. The predicted molar refractivity (Wildman–Crippen MR) is 98.2 cm³/mol. The summed E-state index contributed by atoms with van der Waals surface area (Å²) in [6.07, 6.45) is 7.73. The first-order valence-corrected chi connectivity index (χ1v) is 15.2. The lowest BCUT2D eigenvalue weighted by atomic mass is 10.5. The third-order valence-corrected chi connectivity index (χ3v) is 28.9. The van der Waals surface area contributed by atoms with Crippen molar-refractivity contribution in [2.24, 2.45) is 0 Å². The molecular formula is C10H12N2P2S5+2. The lowest BCUT2D eigenvalue weighted by Crippen LogP contribution is -2.28. The lowest BCUT2D eigenvalue weighted by molar-refractivity contribution is -0.505. The van der Waals surface area contributed by atoms with Gasteiger partial charge in [-0.05, 0) is 11.8 Å². The van der Waals surface area contributed by atoms with Crippen LogP contribution in [0.5, 0.6) is 0 Å². The van der Waals surface area contributed by atoms with Gasteiger partial charge < -0.3 is 0 Å². The van der Waals surface area contributed by atoms with E-state index in [0.29, 0.717) is 0 Å². The highest BCUT2D eigenvalue weighted by Crippen LogP contribution is 2.89. The average molecular weight is 383 g/mol. The molecule has 19 heavy (non-hydrogen) atoms. The molecule has 0 aromatic carbocycles. The van der Waals surface area contributed by atoms with Crippen molar-refractivity contribution < 1.29 is 8.31 Å². The summed E-state index contributed by atoms with van der Waals surface area (Å²) in [4.78, 5) is 0. The van der Waals surface area contributed by atoms with Crippen molar-refractivity contribution in [1.29, 1.82) is 0 Å². The molecule has 0 fully saturated rings. The van der Waals surface area contributed by atoms with Gasteiger partial charge in [-0.2, -0.15) is 4.34 Å². The number of hydrogen-bond acceptors (Lipinski definition) is 3. The van der Waals surface area contributed by atoms with E-state index in [4.69, 9.17) is 48.1 Å². The summed E-state index contributed by atoms with van der Waals surface area (Å²) in [5.41, 5.74) is 0. The lowest BCUT2D eigenvalue weighted by Gasteiger charge is -2.16. The van der Waals surface area contributed by atoms with Gasteiger partial charge >= 0.3 is 0 Å². The van der Waals surface area contributed by atoms with Crippen molar-refractivity contribution in [2.45, 2.75) is 0 Å². The van der Waals surface area contributed by atoms with Crippen LogP contribution in [0.15, 0.2) is 61.2 Å². The minimum absolute atomic E-state index is 1.50. The summed E-state index contributed by atoms with van der Waals surface area (Å²) in [5, 5.41) is -2.24. The van der Waals surface area contributed by atoms with E-state index in [1.807, 2.05) is 69.5 Å². The maximum atomic E-state index is 5.72. The van der Waals surface area contributed by atoms with Crippen molar-refractivity contribution in [3.63, 3.8) is 0 Å². The zero-order valence-electron chi connectivity index (χ0n) is 9.68. The average Bonchev–Trinajstić information content (AvgIpc) is 2.40. The molecule has 100 valence electrons. The molecule has 0 aliphatic heterocycles. The minimum atomic E-state index is -2.24. The molecule has 2 nitrogen and oxygen atoms in total. The molecule has 0 saturated carbocycles. The summed E-state index contributed by atoms with van der Waals surface area (Å²) < 4.78 is 1.71. The van der Waals surface area contributed by atoms with Crippen molar-refractivity contribution in [2.75, 3.05) is 0 Å². The second-order valence-corrected chi connectivity index (χ2v) is 26.5. The third kappa shape index (κ3) is 3.85. The van der Waals surface area contributed by atoms with Crippen molar-refractivity contribution in [3.05, 3.63) is 61.2 Å². The molecule has 2 aromatic heterocycles. The highest BCUT2D eigenvalue weighted by Gasteiger charge is 2.43. The Bertz CT molecular complexity index is 649. The number of aromatic nitrogens is 2. The van der Waals surface area contributed by atoms with E-state index in [1.165, 1.54) is 11.6 Å². The fourth-order valence-corrected chi connectivity index (χ4v) is 12.9. The van der Waals surface area contributed by atoms with Gasteiger partial charge in [-0.25, -0.2) is 0 Å². The first kappa shape index (κ1) is 16.0. The molecule has 2 aromatic rings. The van der Waals surface area contributed by atoms with Crippen LogP contribution < -0.4 is 8.31 Å². The fourth-order valence-electron chi connectivity index (χ4n) is 1.30. The van der Waals surface area contributed by atoms with Crippen LogP contribution >= 0.6 is 45.3 Å². The number of nitrogens with zero attached hydrogens (tertiary/aromatic N) is 2. The SMILES string of the molecule is S=P(S)(S[n+]1ccccc1)P(=S)(S)[n+]1ccccc1. The topological polar surface area (TPSA) is 7.76 Å². The Hall–Kier alpha value is 0.650. The van der Waals surface area contributed by atoms with Gasteiger partial charge in [0.15, 0.2) is 24.8 Å². The second-order valence-electron chi connectivity index (χ2n) is 3.58. The molecule has 2 unspecified atom stereocenters. The van der Waals surface area contributed by atoms with Crippen molar-refractivity contribution in [3.8, 4) is 0 Å². The molecular weight excluding hydrogens is 370 g/mol. The molecule has 2 atom stereocenters. The van der Waals surface area contributed by atoms with Crippen molar-refractivity contribution >= 4 is 68.9 Å². The molecule has 2 rings (SSSR count). The molecule has 0 amide bonds. The van der Waals surface area contributed by atoms with E-state index < -0.39 is 9.21 Å². The summed E-state index contributed by atoms with van der Waals surface area (Å²) in [6, 6.07) is 11.7. The molecule has 0 bridgehead atoms. The van der Waals surface area contributed by atoms with Crippen LogP contribution in [-0.2, 0) is 23.6 Å². The molecule has 0 spiro atoms. The van der Waals surface area contributed by atoms with Gasteiger partial charge in [-0.15, -0.1) is 16.2 Å². The Morgan fingerprint density at radius 3 is 1.79 bits per heavy atom. The first-order chi connectivity index (χ1) is 8.93. The molecule has 0 aliphatic carbocycles. The van der Waals surface area contributed by atoms with Gasteiger partial charge in [-0.3, -0.25) is 0 Å². The van der Waals surface area contributed by atoms with Gasteiger partial charge in [0.2, 0.25) is 15.7 Å². The maximum Gasteiger partial charge on any atom is 0.295 e. The van der Waals surface area contributed by atoms with E-state index in [-0.39, 0.29) is 0 Å². The first-order valence-electron chi connectivity index (χ1n) is 5.23. The van der Waals surface area contributed by atoms with Gasteiger partial charge in [0, 0.05) is 24.3 Å². The predicted octanol–water partition coefficient (Wildman–Crippen LogP) is 3.70. The quantitative estimate of drug-likeness (QED) is 0.474. The summed E-state index contributed by atoms with van der Waals surface area (Å²) in [6.45, 7) is 0. The van der Waals surface area contributed by atoms with E-state index in [0.717, 1.165) is 0 Å². The Kier molecular flexibility index (Phi) is 5.58. The van der Waals surface area contributed by atoms with E-state index in [1.54, 1.807) is 0 Å². The normalized spacial score (nSPS) is 17.4. The van der Waals surface area contributed by atoms with Gasteiger partial charge in [0.05, 0.1) is 0 Å². The fraction of sp³-hybridized carbons (Fsp3) is 0. The third-order valence-electron chi connectivity index (χ3n) is 2.22. The van der Waals surface area contributed by atoms with Gasteiger partial charge in [0.1, 0.15) is 0 Å². The smallest absolute Gasteiger partial charge is 0.173 e.